The summed E-state index contributed by atoms with van der Waals surface area (Å²) < 4.78 is 24.7. The Bertz CT molecular complexity index is 514. The third-order valence-electron chi connectivity index (χ3n) is 2.21. The fourth-order valence-electron chi connectivity index (χ4n) is 1.44. The smallest absolute Gasteiger partial charge is 0.269 e. The van der Waals surface area contributed by atoms with Crippen molar-refractivity contribution in [2.24, 2.45) is 0 Å². The minimum Gasteiger partial charge on any atom is -0.274 e. The Kier molecular flexibility index (Phi) is 2.81. The maximum atomic E-state index is 11.9. The van der Waals surface area contributed by atoms with E-state index in [0.29, 0.717) is 6.42 Å². The van der Waals surface area contributed by atoms with E-state index >= 15 is 0 Å². The summed E-state index contributed by atoms with van der Waals surface area (Å²) in [6.07, 6.45) is 2.99. The van der Waals surface area contributed by atoms with Crippen LogP contribution in [0.2, 0.25) is 5.28 Å². The number of hydrogen-bond acceptors (Lipinski definition) is 5. The summed E-state index contributed by atoms with van der Waals surface area (Å²) in [7, 11) is -3.80. The van der Waals surface area contributed by atoms with Gasteiger partial charge >= 0.3 is 0 Å². The van der Waals surface area contributed by atoms with Gasteiger partial charge in [-0.3, -0.25) is 4.79 Å². The molecule has 2 heterocycles. The fraction of sp³-hybridized carbons (Fsp3) is 0.375. The summed E-state index contributed by atoms with van der Waals surface area (Å²) in [5.41, 5.74) is 0. The number of aromatic nitrogens is 2. The Morgan fingerprint density at radius 3 is 2.44 bits per heavy atom. The van der Waals surface area contributed by atoms with Gasteiger partial charge < -0.3 is 0 Å². The molecule has 0 aliphatic carbocycles. The first-order chi connectivity index (χ1) is 7.51. The second-order valence-electron chi connectivity index (χ2n) is 3.26. The molecule has 0 bridgehead atoms. The molecule has 0 N–H and O–H groups in total. The normalized spacial score (nSPS) is 16.8. The number of sulfonamides is 1. The van der Waals surface area contributed by atoms with Crippen LogP contribution in [0.15, 0.2) is 17.3 Å². The SMILES string of the molecule is O=C1CCCN1S(=O)(=O)c1cnc(Cl)nc1. The van der Waals surface area contributed by atoms with E-state index in [1.54, 1.807) is 0 Å². The van der Waals surface area contributed by atoms with Gasteiger partial charge in [-0.25, -0.2) is 22.7 Å². The second-order valence-corrected chi connectivity index (χ2v) is 5.46. The van der Waals surface area contributed by atoms with Gasteiger partial charge in [0.1, 0.15) is 4.90 Å². The fourth-order valence-corrected chi connectivity index (χ4v) is 2.89. The average Bonchev–Trinajstić information content (AvgIpc) is 2.66. The van der Waals surface area contributed by atoms with E-state index < -0.39 is 15.9 Å². The van der Waals surface area contributed by atoms with Crippen molar-refractivity contribution in [2.45, 2.75) is 17.7 Å². The number of amides is 1. The van der Waals surface area contributed by atoms with Crippen LogP contribution in [0.1, 0.15) is 12.8 Å². The van der Waals surface area contributed by atoms with Crippen LogP contribution >= 0.6 is 11.6 Å². The maximum absolute atomic E-state index is 11.9. The summed E-state index contributed by atoms with van der Waals surface area (Å²) in [5.74, 6) is -0.394. The van der Waals surface area contributed by atoms with Crippen LogP contribution in [0, 0.1) is 0 Å². The zero-order valence-electron chi connectivity index (χ0n) is 8.13. The number of hydrogen-bond donors (Lipinski definition) is 0. The molecule has 2 rings (SSSR count). The first-order valence-corrected chi connectivity index (χ1v) is 6.37. The molecule has 6 nitrogen and oxygen atoms in total. The van der Waals surface area contributed by atoms with Crippen molar-refractivity contribution < 1.29 is 13.2 Å². The lowest BCUT2D eigenvalue weighted by atomic mass is 10.4. The first kappa shape index (κ1) is 11.3. The van der Waals surface area contributed by atoms with Gasteiger partial charge in [0, 0.05) is 13.0 Å². The molecule has 0 saturated carbocycles. The average molecular weight is 262 g/mol. The lowest BCUT2D eigenvalue weighted by molar-refractivity contribution is -0.123. The van der Waals surface area contributed by atoms with Crippen molar-refractivity contribution in [3.63, 3.8) is 0 Å². The number of carbonyl (C=O) groups excluding carboxylic acids is 1. The van der Waals surface area contributed by atoms with Gasteiger partial charge in [-0.15, -0.1) is 0 Å². The van der Waals surface area contributed by atoms with Gasteiger partial charge in [0.25, 0.3) is 10.0 Å². The van der Waals surface area contributed by atoms with Gasteiger partial charge in [-0.2, -0.15) is 0 Å². The van der Waals surface area contributed by atoms with E-state index in [9.17, 15) is 13.2 Å². The van der Waals surface area contributed by atoms with E-state index in [1.807, 2.05) is 0 Å². The zero-order valence-corrected chi connectivity index (χ0v) is 9.70. The van der Waals surface area contributed by atoms with Crippen molar-refractivity contribution >= 4 is 27.5 Å². The predicted octanol–water partition coefficient (Wildman–Crippen LogP) is 0.441. The molecule has 86 valence electrons. The first-order valence-electron chi connectivity index (χ1n) is 4.55. The molecule has 1 fully saturated rings. The lowest BCUT2D eigenvalue weighted by Gasteiger charge is -2.15. The molecular weight excluding hydrogens is 254 g/mol. The highest BCUT2D eigenvalue weighted by atomic mass is 35.5. The molecule has 0 atom stereocenters. The standard InChI is InChI=1S/C8H8ClN3O3S/c9-8-10-4-6(5-11-8)16(14,15)12-3-1-2-7(12)13/h4-5H,1-3H2. The Hall–Kier alpha value is -1.21. The molecule has 1 aromatic rings. The summed E-state index contributed by atoms with van der Waals surface area (Å²) in [6, 6.07) is 0. The molecule has 0 aromatic carbocycles. The maximum Gasteiger partial charge on any atom is 0.269 e. The molecule has 1 aromatic heterocycles. The van der Waals surface area contributed by atoms with Gasteiger partial charge in [0.05, 0.1) is 12.4 Å². The van der Waals surface area contributed by atoms with Crippen molar-refractivity contribution in [3.8, 4) is 0 Å². The highest BCUT2D eigenvalue weighted by Gasteiger charge is 2.33. The Morgan fingerprint density at radius 2 is 1.94 bits per heavy atom. The van der Waals surface area contributed by atoms with E-state index in [-0.39, 0.29) is 23.1 Å². The van der Waals surface area contributed by atoms with Crippen molar-refractivity contribution in [1.29, 1.82) is 0 Å². The number of rotatable bonds is 2. The zero-order chi connectivity index (χ0) is 11.8. The van der Waals surface area contributed by atoms with Crippen molar-refractivity contribution in [3.05, 3.63) is 17.7 Å². The number of carbonyl (C=O) groups is 1. The largest absolute Gasteiger partial charge is 0.274 e. The van der Waals surface area contributed by atoms with Crippen molar-refractivity contribution in [1.82, 2.24) is 14.3 Å². The lowest BCUT2D eigenvalue weighted by Crippen LogP contribution is -2.32. The van der Waals surface area contributed by atoms with Gasteiger partial charge in [-0.1, -0.05) is 0 Å². The summed E-state index contributed by atoms with van der Waals surface area (Å²) in [5, 5.41) is -0.0355. The topological polar surface area (TPSA) is 80.2 Å². The Labute approximate surface area is 97.3 Å². The van der Waals surface area contributed by atoms with Gasteiger partial charge in [-0.05, 0) is 18.0 Å². The van der Waals surface area contributed by atoms with Crippen LogP contribution in [0.25, 0.3) is 0 Å². The van der Waals surface area contributed by atoms with Crippen LogP contribution in [-0.2, 0) is 14.8 Å². The molecule has 8 heteroatoms. The van der Waals surface area contributed by atoms with E-state index in [1.165, 1.54) is 0 Å². The molecule has 1 saturated heterocycles. The van der Waals surface area contributed by atoms with Crippen molar-refractivity contribution in [2.75, 3.05) is 6.54 Å². The number of nitrogens with zero attached hydrogens (tertiary/aromatic N) is 3. The quantitative estimate of drug-likeness (QED) is 0.722. The van der Waals surface area contributed by atoms with Crippen LogP contribution in [0.5, 0.6) is 0 Å². The second kappa shape index (κ2) is 3.99. The van der Waals surface area contributed by atoms with Gasteiger partial charge in [0.15, 0.2) is 0 Å². The van der Waals surface area contributed by atoms with Crippen LogP contribution in [0.4, 0.5) is 0 Å². The summed E-state index contributed by atoms with van der Waals surface area (Å²) in [4.78, 5) is 18.4. The molecular formula is C8H8ClN3O3S. The van der Waals surface area contributed by atoms with Gasteiger partial charge in [0.2, 0.25) is 11.2 Å². The molecule has 1 aliphatic heterocycles. The number of halogens is 1. The third-order valence-corrected chi connectivity index (χ3v) is 4.18. The summed E-state index contributed by atoms with van der Waals surface area (Å²) >= 11 is 5.45. The van der Waals surface area contributed by atoms with E-state index in [0.717, 1.165) is 16.7 Å². The molecule has 1 amide bonds. The van der Waals surface area contributed by atoms with Crippen LogP contribution in [-0.4, -0.2) is 35.1 Å². The molecule has 0 spiro atoms. The highest BCUT2D eigenvalue weighted by molar-refractivity contribution is 7.89. The molecule has 0 radical (unpaired) electrons. The Balaban J connectivity index is 2.39. The molecule has 16 heavy (non-hydrogen) atoms. The molecule has 0 unspecified atom stereocenters. The minimum absolute atomic E-state index is 0.0355. The predicted molar refractivity (Wildman–Crippen MR) is 55.2 cm³/mol. The minimum atomic E-state index is -3.80. The van der Waals surface area contributed by atoms with Crippen LogP contribution < -0.4 is 0 Å². The Morgan fingerprint density at radius 1 is 1.31 bits per heavy atom. The monoisotopic (exact) mass is 261 g/mol. The summed E-state index contributed by atoms with van der Waals surface area (Å²) in [6.45, 7) is 0.212. The molecule has 1 aliphatic rings. The highest BCUT2D eigenvalue weighted by Crippen LogP contribution is 2.20. The third kappa shape index (κ3) is 1.88. The van der Waals surface area contributed by atoms with E-state index in [2.05, 4.69) is 9.97 Å². The van der Waals surface area contributed by atoms with Crippen LogP contribution in [0.3, 0.4) is 0 Å². The van der Waals surface area contributed by atoms with E-state index in [4.69, 9.17) is 11.6 Å².